The zero-order valence-electron chi connectivity index (χ0n) is 10.0. The highest BCUT2D eigenvalue weighted by Gasteiger charge is 2.26. The van der Waals surface area contributed by atoms with Crippen molar-refractivity contribution in [1.29, 1.82) is 0 Å². The lowest BCUT2D eigenvalue weighted by Gasteiger charge is -2.15. The average Bonchev–Trinajstić information content (AvgIpc) is 2.68. The van der Waals surface area contributed by atoms with Crippen LogP contribution < -0.4 is 5.73 Å². The van der Waals surface area contributed by atoms with E-state index in [1.54, 1.807) is 4.90 Å². The zero-order chi connectivity index (χ0) is 12.5. The van der Waals surface area contributed by atoms with Gasteiger partial charge in [-0.15, -0.1) is 0 Å². The number of carbonyl (C=O) groups excluding carboxylic acids is 1. The number of likely N-dealkylation sites (tertiary alicyclic amines) is 1. The lowest BCUT2D eigenvalue weighted by molar-refractivity contribution is -0.128. The first-order chi connectivity index (χ1) is 8.72. The van der Waals surface area contributed by atoms with Gasteiger partial charge in [0.15, 0.2) is 0 Å². The highest BCUT2D eigenvalue weighted by atomic mass is 16.2. The Bertz CT molecular complexity index is 596. The maximum Gasteiger partial charge on any atom is 0.224 e. The Labute approximate surface area is 105 Å². The fraction of sp³-hybridized carbons (Fsp3) is 0.286. The molecule has 0 spiro atoms. The molecule has 3 rings (SSSR count). The first-order valence-corrected chi connectivity index (χ1v) is 6.10. The first-order valence-electron chi connectivity index (χ1n) is 6.10. The standard InChI is InChI=1S/C14H15N3O/c15-11-7-14(18)17(8-11)9-12-6-5-10-3-1-2-4-13(10)16-12/h1-6,11H,7-9,15H2. The van der Waals surface area contributed by atoms with Crippen molar-refractivity contribution >= 4 is 16.8 Å². The lowest BCUT2D eigenvalue weighted by Crippen LogP contribution is -2.28. The third-order valence-corrected chi connectivity index (χ3v) is 3.25. The molecule has 4 heteroatoms. The van der Waals surface area contributed by atoms with Crippen molar-refractivity contribution in [3.63, 3.8) is 0 Å². The minimum absolute atomic E-state index is 0.0297. The second-order valence-corrected chi connectivity index (χ2v) is 4.73. The molecule has 1 atom stereocenters. The van der Waals surface area contributed by atoms with Gasteiger partial charge in [0.25, 0.3) is 0 Å². The van der Waals surface area contributed by atoms with Gasteiger partial charge >= 0.3 is 0 Å². The Kier molecular flexibility index (Phi) is 2.72. The maximum atomic E-state index is 11.7. The number of nitrogens with zero attached hydrogens (tertiary/aromatic N) is 2. The minimum Gasteiger partial charge on any atom is -0.335 e. The van der Waals surface area contributed by atoms with Crippen LogP contribution in [0.4, 0.5) is 0 Å². The largest absolute Gasteiger partial charge is 0.335 e. The van der Waals surface area contributed by atoms with E-state index in [4.69, 9.17) is 5.73 Å². The Morgan fingerprint density at radius 1 is 1.28 bits per heavy atom. The number of aromatic nitrogens is 1. The Balaban J connectivity index is 1.84. The van der Waals surface area contributed by atoms with Gasteiger partial charge in [-0.2, -0.15) is 0 Å². The molecule has 0 aliphatic carbocycles. The van der Waals surface area contributed by atoms with E-state index in [1.807, 2.05) is 36.4 Å². The molecule has 2 heterocycles. The van der Waals surface area contributed by atoms with Crippen LogP contribution in [0.5, 0.6) is 0 Å². The third-order valence-electron chi connectivity index (χ3n) is 3.25. The number of pyridine rings is 1. The number of carbonyl (C=O) groups is 1. The van der Waals surface area contributed by atoms with Crippen LogP contribution in [0.3, 0.4) is 0 Å². The molecule has 1 aromatic carbocycles. The summed E-state index contributed by atoms with van der Waals surface area (Å²) >= 11 is 0. The van der Waals surface area contributed by atoms with Crippen molar-refractivity contribution in [2.24, 2.45) is 5.73 Å². The van der Waals surface area contributed by atoms with E-state index in [0.717, 1.165) is 16.6 Å². The molecule has 1 aliphatic rings. The number of nitrogens with two attached hydrogens (primary N) is 1. The molecular formula is C14H15N3O. The van der Waals surface area contributed by atoms with E-state index >= 15 is 0 Å². The number of para-hydroxylation sites is 1. The fourth-order valence-corrected chi connectivity index (χ4v) is 2.35. The summed E-state index contributed by atoms with van der Waals surface area (Å²) in [5.74, 6) is 0.123. The second-order valence-electron chi connectivity index (χ2n) is 4.73. The summed E-state index contributed by atoms with van der Waals surface area (Å²) in [5.41, 5.74) is 7.65. The Morgan fingerprint density at radius 3 is 2.89 bits per heavy atom. The van der Waals surface area contributed by atoms with Crippen LogP contribution >= 0.6 is 0 Å². The highest BCUT2D eigenvalue weighted by Crippen LogP contribution is 2.16. The molecule has 0 radical (unpaired) electrons. The fourth-order valence-electron chi connectivity index (χ4n) is 2.35. The SMILES string of the molecule is NC1CC(=O)N(Cc2ccc3ccccc3n2)C1. The summed E-state index contributed by atoms with van der Waals surface area (Å²) in [6.45, 7) is 1.19. The quantitative estimate of drug-likeness (QED) is 0.862. The third kappa shape index (κ3) is 2.07. The molecule has 1 unspecified atom stereocenters. The van der Waals surface area contributed by atoms with Crippen molar-refractivity contribution in [3.8, 4) is 0 Å². The van der Waals surface area contributed by atoms with Gasteiger partial charge in [-0.1, -0.05) is 24.3 Å². The lowest BCUT2D eigenvalue weighted by atomic mass is 10.2. The molecule has 18 heavy (non-hydrogen) atoms. The summed E-state index contributed by atoms with van der Waals surface area (Å²) in [6, 6.07) is 12.0. The molecule has 1 aromatic heterocycles. The average molecular weight is 241 g/mol. The van der Waals surface area contributed by atoms with Crippen LogP contribution in [0.15, 0.2) is 36.4 Å². The molecule has 1 saturated heterocycles. The van der Waals surface area contributed by atoms with Crippen molar-refractivity contribution < 1.29 is 4.79 Å². The van der Waals surface area contributed by atoms with Crippen LogP contribution in [0.1, 0.15) is 12.1 Å². The van der Waals surface area contributed by atoms with Crippen LogP contribution in [-0.4, -0.2) is 28.4 Å². The van der Waals surface area contributed by atoms with Crippen molar-refractivity contribution in [2.75, 3.05) is 6.54 Å². The van der Waals surface area contributed by atoms with Crippen LogP contribution in [0.2, 0.25) is 0 Å². The molecule has 2 aromatic rings. The monoisotopic (exact) mass is 241 g/mol. The number of benzene rings is 1. The molecule has 2 N–H and O–H groups in total. The van der Waals surface area contributed by atoms with Gasteiger partial charge in [-0.3, -0.25) is 9.78 Å². The van der Waals surface area contributed by atoms with Crippen LogP contribution in [-0.2, 0) is 11.3 Å². The smallest absolute Gasteiger partial charge is 0.224 e. The molecule has 0 saturated carbocycles. The van der Waals surface area contributed by atoms with E-state index in [1.165, 1.54) is 0 Å². The summed E-state index contributed by atoms with van der Waals surface area (Å²) in [5, 5.41) is 1.12. The van der Waals surface area contributed by atoms with Crippen molar-refractivity contribution in [2.45, 2.75) is 19.0 Å². The van der Waals surface area contributed by atoms with Gasteiger partial charge in [0.1, 0.15) is 0 Å². The minimum atomic E-state index is -0.0297. The Morgan fingerprint density at radius 2 is 2.11 bits per heavy atom. The molecule has 1 fully saturated rings. The van der Waals surface area contributed by atoms with Gasteiger partial charge < -0.3 is 10.6 Å². The van der Waals surface area contributed by atoms with E-state index < -0.39 is 0 Å². The number of rotatable bonds is 2. The molecule has 0 bridgehead atoms. The van der Waals surface area contributed by atoms with E-state index in [-0.39, 0.29) is 11.9 Å². The summed E-state index contributed by atoms with van der Waals surface area (Å²) in [7, 11) is 0. The van der Waals surface area contributed by atoms with Gasteiger partial charge in [0, 0.05) is 24.4 Å². The zero-order valence-corrected chi connectivity index (χ0v) is 10.0. The molecule has 92 valence electrons. The van der Waals surface area contributed by atoms with Crippen LogP contribution in [0, 0.1) is 0 Å². The summed E-state index contributed by atoms with van der Waals surface area (Å²) in [4.78, 5) is 18.0. The van der Waals surface area contributed by atoms with E-state index in [9.17, 15) is 4.79 Å². The number of hydrogen-bond acceptors (Lipinski definition) is 3. The number of hydrogen-bond donors (Lipinski definition) is 1. The predicted octanol–water partition coefficient (Wildman–Crippen LogP) is 1.29. The summed E-state index contributed by atoms with van der Waals surface area (Å²) in [6.07, 6.45) is 0.452. The van der Waals surface area contributed by atoms with Crippen molar-refractivity contribution in [3.05, 3.63) is 42.1 Å². The normalized spacial score (nSPS) is 19.7. The second kappa shape index (κ2) is 4.38. The maximum absolute atomic E-state index is 11.7. The van der Waals surface area contributed by atoms with Gasteiger partial charge in [0.2, 0.25) is 5.91 Å². The molecule has 4 nitrogen and oxygen atoms in total. The van der Waals surface area contributed by atoms with E-state index in [2.05, 4.69) is 4.98 Å². The van der Waals surface area contributed by atoms with Crippen molar-refractivity contribution in [1.82, 2.24) is 9.88 Å². The molecular weight excluding hydrogens is 226 g/mol. The predicted molar refractivity (Wildman–Crippen MR) is 69.8 cm³/mol. The number of amides is 1. The highest BCUT2D eigenvalue weighted by molar-refractivity contribution is 5.80. The van der Waals surface area contributed by atoms with Crippen LogP contribution in [0.25, 0.3) is 10.9 Å². The topological polar surface area (TPSA) is 59.2 Å². The van der Waals surface area contributed by atoms with Gasteiger partial charge in [-0.25, -0.2) is 0 Å². The molecule has 1 aliphatic heterocycles. The van der Waals surface area contributed by atoms with Gasteiger partial charge in [-0.05, 0) is 12.1 Å². The van der Waals surface area contributed by atoms with E-state index in [0.29, 0.717) is 19.5 Å². The summed E-state index contributed by atoms with van der Waals surface area (Å²) < 4.78 is 0. The number of fused-ring (bicyclic) bond motifs is 1. The Hall–Kier alpha value is -1.94. The molecule has 1 amide bonds. The van der Waals surface area contributed by atoms with Gasteiger partial charge in [0.05, 0.1) is 17.8 Å². The first kappa shape index (κ1) is 11.2.